The minimum atomic E-state index is -1.06. The quantitative estimate of drug-likeness (QED) is 0.747. The second kappa shape index (κ2) is 8.56. The SMILES string of the molecule is CCN(CC)C(=O)C(C)(C)C(=O)NCCc1cccc(OC)c1. The summed E-state index contributed by atoms with van der Waals surface area (Å²) in [6.07, 6.45) is 0.693. The van der Waals surface area contributed by atoms with Crippen LogP contribution in [0.2, 0.25) is 0 Å². The van der Waals surface area contributed by atoms with Crippen LogP contribution in [0.4, 0.5) is 0 Å². The average molecular weight is 320 g/mol. The van der Waals surface area contributed by atoms with Crippen LogP contribution in [0.1, 0.15) is 33.3 Å². The molecule has 0 heterocycles. The molecule has 5 nitrogen and oxygen atoms in total. The second-order valence-electron chi connectivity index (χ2n) is 5.96. The molecule has 0 radical (unpaired) electrons. The Morgan fingerprint density at radius 1 is 1.22 bits per heavy atom. The summed E-state index contributed by atoms with van der Waals surface area (Å²) in [5, 5.41) is 2.87. The van der Waals surface area contributed by atoms with Crippen molar-refractivity contribution in [3.8, 4) is 5.75 Å². The van der Waals surface area contributed by atoms with E-state index in [4.69, 9.17) is 4.74 Å². The molecule has 0 spiro atoms. The molecule has 0 bridgehead atoms. The molecule has 1 aromatic rings. The second-order valence-corrected chi connectivity index (χ2v) is 5.96. The van der Waals surface area contributed by atoms with Crippen molar-refractivity contribution in [2.24, 2.45) is 5.41 Å². The summed E-state index contributed by atoms with van der Waals surface area (Å²) >= 11 is 0. The van der Waals surface area contributed by atoms with Crippen LogP contribution in [0.5, 0.6) is 5.75 Å². The number of ether oxygens (including phenoxy) is 1. The zero-order valence-electron chi connectivity index (χ0n) is 14.8. The zero-order valence-corrected chi connectivity index (χ0v) is 14.8. The van der Waals surface area contributed by atoms with Gasteiger partial charge in [-0.2, -0.15) is 0 Å². The number of benzene rings is 1. The molecule has 5 heteroatoms. The summed E-state index contributed by atoms with van der Waals surface area (Å²) in [6, 6.07) is 7.73. The number of carbonyl (C=O) groups is 2. The molecule has 2 amide bonds. The number of hydrogen-bond acceptors (Lipinski definition) is 3. The molecule has 1 rings (SSSR count). The van der Waals surface area contributed by atoms with Crippen LogP contribution in [0.3, 0.4) is 0 Å². The van der Waals surface area contributed by atoms with E-state index in [0.717, 1.165) is 11.3 Å². The van der Waals surface area contributed by atoms with Crippen LogP contribution in [0.25, 0.3) is 0 Å². The monoisotopic (exact) mass is 320 g/mol. The highest BCUT2D eigenvalue weighted by Crippen LogP contribution is 2.19. The molecule has 0 aliphatic rings. The predicted octanol–water partition coefficient (Wildman–Crippen LogP) is 2.25. The molecule has 0 atom stereocenters. The van der Waals surface area contributed by atoms with Gasteiger partial charge in [-0.25, -0.2) is 0 Å². The van der Waals surface area contributed by atoms with Crippen molar-refractivity contribution >= 4 is 11.8 Å². The van der Waals surface area contributed by atoms with Gasteiger partial charge in [0.2, 0.25) is 11.8 Å². The van der Waals surface area contributed by atoms with Gasteiger partial charge in [0.05, 0.1) is 7.11 Å². The van der Waals surface area contributed by atoms with Crippen LogP contribution in [-0.4, -0.2) is 43.5 Å². The Labute approximate surface area is 139 Å². The number of amides is 2. The van der Waals surface area contributed by atoms with Crippen molar-refractivity contribution in [3.05, 3.63) is 29.8 Å². The summed E-state index contributed by atoms with van der Waals surface area (Å²) in [5.41, 5.74) is 0.0259. The Morgan fingerprint density at radius 3 is 2.43 bits per heavy atom. The first-order valence-corrected chi connectivity index (χ1v) is 8.07. The Morgan fingerprint density at radius 2 is 1.87 bits per heavy atom. The lowest BCUT2D eigenvalue weighted by atomic mass is 9.90. The summed E-state index contributed by atoms with van der Waals surface area (Å²) in [7, 11) is 1.63. The maximum Gasteiger partial charge on any atom is 0.237 e. The maximum atomic E-state index is 12.4. The van der Waals surface area contributed by atoms with E-state index < -0.39 is 5.41 Å². The van der Waals surface area contributed by atoms with E-state index >= 15 is 0 Å². The minimum absolute atomic E-state index is 0.138. The topological polar surface area (TPSA) is 58.6 Å². The van der Waals surface area contributed by atoms with E-state index in [1.54, 1.807) is 25.9 Å². The normalized spacial score (nSPS) is 11.0. The number of nitrogens with zero attached hydrogens (tertiary/aromatic N) is 1. The fourth-order valence-electron chi connectivity index (χ4n) is 2.37. The van der Waals surface area contributed by atoms with Gasteiger partial charge in [-0.05, 0) is 51.8 Å². The van der Waals surface area contributed by atoms with Crippen LogP contribution in [-0.2, 0) is 16.0 Å². The number of carbonyl (C=O) groups excluding carboxylic acids is 2. The number of hydrogen-bond donors (Lipinski definition) is 1. The Hall–Kier alpha value is -2.04. The van der Waals surface area contributed by atoms with E-state index in [9.17, 15) is 9.59 Å². The third-order valence-electron chi connectivity index (χ3n) is 3.99. The van der Waals surface area contributed by atoms with Gasteiger partial charge >= 0.3 is 0 Å². The molecule has 0 aliphatic carbocycles. The number of methoxy groups -OCH3 is 1. The molecular formula is C18H28N2O3. The molecule has 0 aliphatic heterocycles. The lowest BCUT2D eigenvalue weighted by Crippen LogP contribution is -2.49. The third-order valence-corrected chi connectivity index (χ3v) is 3.99. The molecule has 23 heavy (non-hydrogen) atoms. The van der Waals surface area contributed by atoms with Crippen LogP contribution in [0.15, 0.2) is 24.3 Å². The molecule has 0 saturated heterocycles. The van der Waals surface area contributed by atoms with Gasteiger partial charge in [-0.3, -0.25) is 9.59 Å². The molecule has 0 unspecified atom stereocenters. The first-order chi connectivity index (χ1) is 10.9. The van der Waals surface area contributed by atoms with E-state index in [0.29, 0.717) is 26.1 Å². The first kappa shape index (κ1) is 19.0. The average Bonchev–Trinajstić information content (AvgIpc) is 2.55. The lowest BCUT2D eigenvalue weighted by Gasteiger charge is -2.29. The van der Waals surface area contributed by atoms with E-state index in [1.165, 1.54) is 0 Å². The Balaban J connectivity index is 2.59. The van der Waals surface area contributed by atoms with Gasteiger partial charge in [-0.15, -0.1) is 0 Å². The van der Waals surface area contributed by atoms with E-state index in [1.807, 2.05) is 38.1 Å². The van der Waals surface area contributed by atoms with Crippen LogP contribution in [0, 0.1) is 5.41 Å². The molecule has 0 aromatic heterocycles. The summed E-state index contributed by atoms with van der Waals surface area (Å²) < 4.78 is 5.18. The molecular weight excluding hydrogens is 292 g/mol. The highest BCUT2D eigenvalue weighted by Gasteiger charge is 2.38. The third kappa shape index (κ3) is 4.98. The molecule has 128 valence electrons. The molecule has 0 saturated carbocycles. The zero-order chi connectivity index (χ0) is 17.5. The standard InChI is InChI=1S/C18H28N2O3/c1-6-20(7-2)17(22)18(3,4)16(21)19-12-11-14-9-8-10-15(13-14)23-5/h8-10,13H,6-7,11-12H2,1-5H3,(H,19,21). The smallest absolute Gasteiger partial charge is 0.237 e. The highest BCUT2D eigenvalue weighted by atomic mass is 16.5. The number of rotatable bonds is 8. The fraction of sp³-hybridized carbons (Fsp3) is 0.556. The Kier molecular flexibility index (Phi) is 7.07. The van der Waals surface area contributed by atoms with Crippen molar-refractivity contribution in [2.45, 2.75) is 34.1 Å². The van der Waals surface area contributed by atoms with Crippen molar-refractivity contribution < 1.29 is 14.3 Å². The van der Waals surface area contributed by atoms with Gasteiger partial charge < -0.3 is 15.0 Å². The Bertz CT molecular complexity index is 537. The summed E-state index contributed by atoms with van der Waals surface area (Å²) in [4.78, 5) is 26.5. The van der Waals surface area contributed by atoms with Gasteiger partial charge in [0.15, 0.2) is 0 Å². The number of nitrogens with one attached hydrogen (secondary N) is 1. The molecule has 0 fully saturated rings. The first-order valence-electron chi connectivity index (χ1n) is 8.07. The van der Waals surface area contributed by atoms with Crippen LogP contribution < -0.4 is 10.1 Å². The van der Waals surface area contributed by atoms with Crippen molar-refractivity contribution in [2.75, 3.05) is 26.7 Å². The van der Waals surface area contributed by atoms with E-state index in [-0.39, 0.29) is 11.8 Å². The van der Waals surface area contributed by atoms with Gasteiger partial charge in [0, 0.05) is 19.6 Å². The highest BCUT2D eigenvalue weighted by molar-refractivity contribution is 6.04. The van der Waals surface area contributed by atoms with Crippen LogP contribution >= 0.6 is 0 Å². The van der Waals surface area contributed by atoms with Gasteiger partial charge in [-0.1, -0.05) is 12.1 Å². The van der Waals surface area contributed by atoms with Crippen molar-refractivity contribution in [1.82, 2.24) is 10.2 Å². The lowest BCUT2D eigenvalue weighted by molar-refractivity contribution is -0.148. The van der Waals surface area contributed by atoms with E-state index in [2.05, 4.69) is 5.32 Å². The molecule has 1 N–H and O–H groups in total. The van der Waals surface area contributed by atoms with Crippen molar-refractivity contribution in [3.63, 3.8) is 0 Å². The van der Waals surface area contributed by atoms with Gasteiger partial charge in [0.1, 0.15) is 11.2 Å². The molecule has 1 aromatic carbocycles. The van der Waals surface area contributed by atoms with Gasteiger partial charge in [0.25, 0.3) is 0 Å². The fourth-order valence-corrected chi connectivity index (χ4v) is 2.37. The minimum Gasteiger partial charge on any atom is -0.497 e. The summed E-state index contributed by atoms with van der Waals surface area (Å²) in [6.45, 7) is 8.88. The summed E-state index contributed by atoms with van der Waals surface area (Å²) in [5.74, 6) is 0.421. The van der Waals surface area contributed by atoms with Crippen molar-refractivity contribution in [1.29, 1.82) is 0 Å². The largest absolute Gasteiger partial charge is 0.497 e. The predicted molar refractivity (Wildman–Crippen MR) is 91.4 cm³/mol. The maximum absolute atomic E-state index is 12.4.